The number of amides is 1. The Kier molecular flexibility index (Phi) is 6.01. The second-order valence-electron chi connectivity index (χ2n) is 4.57. The van der Waals surface area contributed by atoms with Crippen LogP contribution in [-0.4, -0.2) is 24.6 Å². The summed E-state index contributed by atoms with van der Waals surface area (Å²) < 4.78 is 10.7. The van der Waals surface area contributed by atoms with Crippen LogP contribution in [-0.2, 0) is 4.79 Å². The van der Waals surface area contributed by atoms with E-state index >= 15 is 0 Å². The van der Waals surface area contributed by atoms with E-state index < -0.39 is 0 Å². The first-order valence-corrected chi connectivity index (χ1v) is 8.14. The number of aryl methyl sites for hydroxylation is 1. The number of hydrogen-bond acceptors (Lipinski definition) is 5. The van der Waals surface area contributed by atoms with E-state index in [0.717, 1.165) is 10.4 Å². The molecule has 0 saturated carbocycles. The molecule has 0 saturated heterocycles. The van der Waals surface area contributed by atoms with Gasteiger partial charge in [0.2, 0.25) is 5.91 Å². The van der Waals surface area contributed by atoms with Crippen LogP contribution in [0.1, 0.15) is 17.4 Å². The van der Waals surface area contributed by atoms with Crippen LogP contribution in [0.5, 0.6) is 11.5 Å². The van der Waals surface area contributed by atoms with E-state index in [0.29, 0.717) is 28.3 Å². The molecular weight excluding hydrogens is 336 g/mol. The van der Waals surface area contributed by atoms with Crippen molar-refractivity contribution in [3.8, 4) is 11.5 Å². The molecule has 7 heteroatoms. The predicted molar refractivity (Wildman–Crippen MR) is 93.7 cm³/mol. The van der Waals surface area contributed by atoms with Crippen LogP contribution in [0.2, 0.25) is 5.02 Å². The molecule has 0 atom stereocenters. The Morgan fingerprint density at radius 3 is 2.87 bits per heavy atom. The number of carbonyl (C=O) groups is 1. The number of carbonyl (C=O) groups excluding carboxylic acids is 1. The molecule has 0 aliphatic rings. The maximum absolute atomic E-state index is 11.9. The largest absolute Gasteiger partial charge is 0.493 e. The minimum absolute atomic E-state index is 0.261. The van der Waals surface area contributed by atoms with Crippen LogP contribution in [0.15, 0.2) is 24.4 Å². The maximum Gasteiger partial charge on any atom is 0.250 e. The zero-order valence-electron chi connectivity index (χ0n) is 13.1. The number of aromatic nitrogens is 1. The van der Waals surface area contributed by atoms with Crippen molar-refractivity contribution in [2.75, 3.05) is 19.0 Å². The summed E-state index contributed by atoms with van der Waals surface area (Å²) in [5, 5.41) is 3.70. The second kappa shape index (κ2) is 7.99. The van der Waals surface area contributed by atoms with Crippen molar-refractivity contribution < 1.29 is 14.3 Å². The standard InChI is InChI=1S/C16H17ClN2O3S/c1-4-22-15-12(17)7-11(8-13(15)21-3)5-6-14(20)19-16-18-9-10(2)23-16/h5-9H,4H2,1-3H3,(H,18,19,20)/b6-5+. The lowest BCUT2D eigenvalue weighted by Crippen LogP contribution is -2.07. The number of halogens is 1. The van der Waals surface area contributed by atoms with E-state index in [1.807, 2.05) is 13.8 Å². The summed E-state index contributed by atoms with van der Waals surface area (Å²) in [6.07, 6.45) is 4.78. The Morgan fingerprint density at radius 2 is 2.26 bits per heavy atom. The normalized spacial score (nSPS) is 10.8. The first-order chi connectivity index (χ1) is 11.0. The minimum Gasteiger partial charge on any atom is -0.493 e. The van der Waals surface area contributed by atoms with Gasteiger partial charge in [-0.2, -0.15) is 0 Å². The topological polar surface area (TPSA) is 60.5 Å². The van der Waals surface area contributed by atoms with E-state index in [2.05, 4.69) is 10.3 Å². The molecule has 23 heavy (non-hydrogen) atoms. The lowest BCUT2D eigenvalue weighted by molar-refractivity contribution is -0.111. The Labute approximate surface area is 143 Å². The monoisotopic (exact) mass is 352 g/mol. The highest BCUT2D eigenvalue weighted by Crippen LogP contribution is 2.36. The quantitative estimate of drug-likeness (QED) is 0.793. The molecular formula is C16H17ClN2O3S. The van der Waals surface area contributed by atoms with Gasteiger partial charge >= 0.3 is 0 Å². The number of nitrogens with zero attached hydrogens (tertiary/aromatic N) is 1. The van der Waals surface area contributed by atoms with Crippen molar-refractivity contribution in [2.45, 2.75) is 13.8 Å². The highest BCUT2D eigenvalue weighted by molar-refractivity contribution is 7.15. The molecule has 2 aromatic rings. The van der Waals surface area contributed by atoms with Crippen molar-refractivity contribution in [1.82, 2.24) is 4.98 Å². The van der Waals surface area contributed by atoms with Gasteiger partial charge in [-0.3, -0.25) is 10.1 Å². The number of ether oxygens (including phenoxy) is 2. The third-order valence-electron chi connectivity index (χ3n) is 2.82. The highest BCUT2D eigenvalue weighted by Gasteiger charge is 2.11. The van der Waals surface area contributed by atoms with E-state index in [1.54, 1.807) is 31.5 Å². The number of hydrogen-bond donors (Lipinski definition) is 1. The van der Waals surface area contributed by atoms with Gasteiger partial charge in [0.05, 0.1) is 18.7 Å². The Bertz CT molecular complexity index is 728. The van der Waals surface area contributed by atoms with Gasteiger partial charge in [0.15, 0.2) is 16.6 Å². The smallest absolute Gasteiger partial charge is 0.250 e. The van der Waals surface area contributed by atoms with Crippen molar-refractivity contribution in [1.29, 1.82) is 0 Å². The van der Waals surface area contributed by atoms with E-state index in [4.69, 9.17) is 21.1 Å². The summed E-state index contributed by atoms with van der Waals surface area (Å²) in [6, 6.07) is 3.47. The Morgan fingerprint density at radius 1 is 1.48 bits per heavy atom. The number of anilines is 1. The minimum atomic E-state index is -0.261. The van der Waals surface area contributed by atoms with E-state index in [1.165, 1.54) is 17.4 Å². The van der Waals surface area contributed by atoms with Crippen LogP contribution < -0.4 is 14.8 Å². The summed E-state index contributed by atoms with van der Waals surface area (Å²) >= 11 is 7.61. The molecule has 1 aromatic heterocycles. The van der Waals surface area contributed by atoms with Crippen LogP contribution in [0, 0.1) is 6.92 Å². The fraction of sp³-hybridized carbons (Fsp3) is 0.250. The average Bonchev–Trinajstić information content (AvgIpc) is 2.92. The molecule has 1 N–H and O–H groups in total. The molecule has 0 fully saturated rings. The van der Waals surface area contributed by atoms with Crippen molar-refractivity contribution in [2.24, 2.45) is 0 Å². The summed E-state index contributed by atoms with van der Waals surface area (Å²) in [4.78, 5) is 17.0. The van der Waals surface area contributed by atoms with Gasteiger partial charge in [-0.1, -0.05) is 11.6 Å². The average molecular weight is 353 g/mol. The van der Waals surface area contributed by atoms with Gasteiger partial charge < -0.3 is 9.47 Å². The molecule has 0 bridgehead atoms. The Balaban J connectivity index is 2.12. The number of thiazole rings is 1. The van der Waals surface area contributed by atoms with Crippen molar-refractivity contribution >= 4 is 40.1 Å². The molecule has 0 spiro atoms. The summed E-state index contributed by atoms with van der Waals surface area (Å²) in [5.74, 6) is 0.759. The maximum atomic E-state index is 11.9. The van der Waals surface area contributed by atoms with Gasteiger partial charge in [0.25, 0.3) is 0 Å². The number of methoxy groups -OCH3 is 1. The molecule has 0 aliphatic carbocycles. The third kappa shape index (κ3) is 4.71. The number of nitrogens with one attached hydrogen (secondary N) is 1. The molecule has 0 unspecified atom stereocenters. The molecule has 0 aliphatic heterocycles. The molecule has 0 radical (unpaired) electrons. The summed E-state index contributed by atoms with van der Waals surface area (Å²) in [5.41, 5.74) is 0.737. The third-order valence-corrected chi connectivity index (χ3v) is 3.93. The molecule has 1 heterocycles. The predicted octanol–water partition coefficient (Wildman–Crippen LogP) is 4.16. The SMILES string of the molecule is CCOc1c(Cl)cc(/C=C/C(=O)Nc2ncc(C)s2)cc1OC. The lowest BCUT2D eigenvalue weighted by atomic mass is 10.2. The van der Waals surface area contributed by atoms with Crippen LogP contribution in [0.3, 0.4) is 0 Å². The first-order valence-electron chi connectivity index (χ1n) is 6.95. The van der Waals surface area contributed by atoms with Crippen LogP contribution in [0.25, 0.3) is 6.08 Å². The molecule has 5 nitrogen and oxygen atoms in total. The zero-order valence-corrected chi connectivity index (χ0v) is 14.6. The van der Waals surface area contributed by atoms with Crippen molar-refractivity contribution in [3.05, 3.63) is 39.9 Å². The van der Waals surface area contributed by atoms with Gasteiger partial charge in [-0.25, -0.2) is 4.98 Å². The van der Waals surface area contributed by atoms with E-state index in [9.17, 15) is 4.79 Å². The molecule has 2 rings (SSSR count). The first kappa shape index (κ1) is 17.3. The number of rotatable bonds is 6. The summed E-state index contributed by atoms with van der Waals surface area (Å²) in [6.45, 7) is 4.28. The number of benzene rings is 1. The summed E-state index contributed by atoms with van der Waals surface area (Å²) in [7, 11) is 1.54. The van der Waals surface area contributed by atoms with Gasteiger partial charge in [-0.05, 0) is 37.6 Å². The fourth-order valence-electron chi connectivity index (χ4n) is 1.85. The van der Waals surface area contributed by atoms with E-state index in [-0.39, 0.29) is 5.91 Å². The van der Waals surface area contributed by atoms with Crippen molar-refractivity contribution in [3.63, 3.8) is 0 Å². The van der Waals surface area contributed by atoms with Crippen LogP contribution >= 0.6 is 22.9 Å². The Hall–Kier alpha value is -2.05. The van der Waals surface area contributed by atoms with Gasteiger partial charge in [0.1, 0.15) is 0 Å². The highest BCUT2D eigenvalue weighted by atomic mass is 35.5. The van der Waals surface area contributed by atoms with Gasteiger partial charge in [0, 0.05) is 17.2 Å². The molecule has 122 valence electrons. The fourth-order valence-corrected chi connectivity index (χ4v) is 2.79. The molecule has 1 aromatic carbocycles. The van der Waals surface area contributed by atoms with Gasteiger partial charge in [-0.15, -0.1) is 11.3 Å². The second-order valence-corrected chi connectivity index (χ2v) is 6.21. The lowest BCUT2D eigenvalue weighted by Gasteiger charge is -2.11. The molecule has 1 amide bonds. The zero-order chi connectivity index (χ0) is 16.8. The van der Waals surface area contributed by atoms with Crippen LogP contribution in [0.4, 0.5) is 5.13 Å².